The summed E-state index contributed by atoms with van der Waals surface area (Å²) in [5.41, 5.74) is 0.941. The summed E-state index contributed by atoms with van der Waals surface area (Å²) in [5.74, 6) is 0.377. The molecule has 0 radical (unpaired) electrons. The summed E-state index contributed by atoms with van der Waals surface area (Å²) in [6.07, 6.45) is 0. The number of methoxy groups -OCH3 is 1. The van der Waals surface area contributed by atoms with Crippen LogP contribution in [0.1, 0.15) is 17.3 Å². The molecule has 0 aliphatic carbocycles. The highest BCUT2D eigenvalue weighted by atomic mass is 79.9. The number of Topliss-reactive ketones (excluding diaryl/α,β-unsaturated/α-hetero) is 1. The number of carbonyl (C=O) groups is 2. The van der Waals surface area contributed by atoms with Gasteiger partial charge in [-0.3, -0.25) is 9.59 Å². The SMILES string of the molecule is COc1ccccc1NC(=O)COc1c(Br)cc(Br)cc1C(C)=O. The normalized spacial score (nSPS) is 10.2. The average Bonchev–Trinajstić information content (AvgIpc) is 2.53. The zero-order chi connectivity index (χ0) is 17.7. The van der Waals surface area contributed by atoms with Gasteiger partial charge in [-0.1, -0.05) is 28.1 Å². The molecule has 0 unspecified atom stereocenters. The van der Waals surface area contributed by atoms with Gasteiger partial charge in [0.2, 0.25) is 0 Å². The van der Waals surface area contributed by atoms with Crippen molar-refractivity contribution in [1.29, 1.82) is 0 Å². The minimum atomic E-state index is -0.358. The van der Waals surface area contributed by atoms with E-state index in [1.807, 2.05) is 6.07 Å². The van der Waals surface area contributed by atoms with Crippen molar-refractivity contribution in [2.75, 3.05) is 19.0 Å². The van der Waals surface area contributed by atoms with E-state index in [4.69, 9.17) is 9.47 Å². The van der Waals surface area contributed by atoms with Gasteiger partial charge in [-0.25, -0.2) is 0 Å². The Morgan fingerprint density at radius 1 is 1.17 bits per heavy atom. The van der Waals surface area contributed by atoms with E-state index < -0.39 is 0 Å². The maximum Gasteiger partial charge on any atom is 0.262 e. The number of halogens is 2. The highest BCUT2D eigenvalue weighted by Crippen LogP contribution is 2.33. The molecule has 0 aliphatic heterocycles. The van der Waals surface area contributed by atoms with Crippen molar-refractivity contribution < 1.29 is 19.1 Å². The number of nitrogens with one attached hydrogen (secondary N) is 1. The van der Waals surface area contributed by atoms with E-state index in [-0.39, 0.29) is 18.3 Å². The second-order valence-electron chi connectivity index (χ2n) is 4.86. The summed E-state index contributed by atoms with van der Waals surface area (Å²) in [6, 6.07) is 10.5. The first kappa shape index (κ1) is 18.5. The number of amides is 1. The molecular formula is C17H15Br2NO4. The first-order chi connectivity index (χ1) is 11.4. The highest BCUT2D eigenvalue weighted by Gasteiger charge is 2.16. The Morgan fingerprint density at radius 3 is 2.54 bits per heavy atom. The summed E-state index contributed by atoms with van der Waals surface area (Å²) in [6.45, 7) is 1.20. The van der Waals surface area contributed by atoms with Crippen LogP contribution in [0.25, 0.3) is 0 Å². The number of rotatable bonds is 6. The van der Waals surface area contributed by atoms with Crippen molar-refractivity contribution in [2.24, 2.45) is 0 Å². The highest BCUT2D eigenvalue weighted by molar-refractivity contribution is 9.11. The van der Waals surface area contributed by atoms with Gasteiger partial charge < -0.3 is 14.8 Å². The molecule has 0 spiro atoms. The fourth-order valence-electron chi connectivity index (χ4n) is 2.04. The van der Waals surface area contributed by atoms with Crippen LogP contribution in [0.2, 0.25) is 0 Å². The number of hydrogen-bond acceptors (Lipinski definition) is 4. The van der Waals surface area contributed by atoms with Gasteiger partial charge in [0.1, 0.15) is 11.5 Å². The molecule has 24 heavy (non-hydrogen) atoms. The molecule has 0 heterocycles. The Kier molecular flexibility index (Phi) is 6.39. The summed E-state index contributed by atoms with van der Waals surface area (Å²) >= 11 is 6.67. The third-order valence-corrected chi connectivity index (χ3v) is 4.16. The maximum absolute atomic E-state index is 12.1. The van der Waals surface area contributed by atoms with Crippen molar-refractivity contribution in [1.82, 2.24) is 0 Å². The standard InChI is InChI=1S/C17H15Br2NO4/c1-10(21)12-7-11(18)8-13(19)17(12)24-9-16(22)20-14-5-3-4-6-15(14)23-2/h3-8H,9H2,1-2H3,(H,20,22). The molecule has 0 saturated carbocycles. The number of ketones is 1. The second kappa shape index (κ2) is 8.30. The van der Waals surface area contributed by atoms with Gasteiger partial charge >= 0.3 is 0 Å². The van der Waals surface area contributed by atoms with E-state index in [0.717, 1.165) is 4.47 Å². The van der Waals surface area contributed by atoms with Crippen molar-refractivity contribution in [3.05, 3.63) is 50.9 Å². The van der Waals surface area contributed by atoms with Crippen LogP contribution in [0.4, 0.5) is 5.69 Å². The fourth-order valence-corrected chi connectivity index (χ4v) is 3.38. The van der Waals surface area contributed by atoms with Crippen molar-refractivity contribution >= 4 is 49.2 Å². The van der Waals surface area contributed by atoms with Crippen molar-refractivity contribution in [2.45, 2.75) is 6.92 Å². The van der Waals surface area contributed by atoms with E-state index in [1.165, 1.54) is 14.0 Å². The van der Waals surface area contributed by atoms with Gasteiger partial charge in [-0.2, -0.15) is 0 Å². The van der Waals surface area contributed by atoms with Crippen LogP contribution in [0, 0.1) is 0 Å². The van der Waals surface area contributed by atoms with Crippen molar-refractivity contribution in [3.8, 4) is 11.5 Å². The lowest BCUT2D eigenvalue weighted by Gasteiger charge is -2.13. The fraction of sp³-hybridized carbons (Fsp3) is 0.176. The first-order valence-electron chi connectivity index (χ1n) is 6.98. The average molecular weight is 457 g/mol. The molecule has 1 amide bonds. The topological polar surface area (TPSA) is 64.6 Å². The lowest BCUT2D eigenvalue weighted by Crippen LogP contribution is -2.21. The predicted molar refractivity (Wildman–Crippen MR) is 99.0 cm³/mol. The van der Waals surface area contributed by atoms with E-state index >= 15 is 0 Å². The minimum Gasteiger partial charge on any atom is -0.495 e. The molecule has 5 nitrogen and oxygen atoms in total. The molecule has 126 valence electrons. The lowest BCUT2D eigenvalue weighted by atomic mass is 10.1. The summed E-state index contributed by atoms with van der Waals surface area (Å²) in [7, 11) is 1.53. The maximum atomic E-state index is 12.1. The van der Waals surface area contributed by atoms with E-state index in [9.17, 15) is 9.59 Å². The van der Waals surface area contributed by atoms with Gasteiger partial charge in [0, 0.05) is 4.47 Å². The number of anilines is 1. The number of hydrogen-bond donors (Lipinski definition) is 1. The number of benzene rings is 2. The summed E-state index contributed by atoms with van der Waals surface area (Å²) in [4.78, 5) is 23.9. The monoisotopic (exact) mass is 455 g/mol. The third kappa shape index (κ3) is 4.58. The largest absolute Gasteiger partial charge is 0.495 e. The quantitative estimate of drug-likeness (QED) is 0.652. The number of para-hydroxylation sites is 2. The number of carbonyl (C=O) groups excluding carboxylic acids is 2. The smallest absolute Gasteiger partial charge is 0.262 e. The third-order valence-electron chi connectivity index (χ3n) is 3.12. The van der Waals surface area contributed by atoms with E-state index in [0.29, 0.717) is 27.2 Å². The van der Waals surface area contributed by atoms with Gasteiger partial charge in [0.25, 0.3) is 5.91 Å². The Morgan fingerprint density at radius 2 is 1.88 bits per heavy atom. The zero-order valence-electron chi connectivity index (χ0n) is 13.1. The van der Waals surface area contributed by atoms with Crippen LogP contribution in [-0.2, 0) is 4.79 Å². The van der Waals surface area contributed by atoms with Crippen LogP contribution in [0.3, 0.4) is 0 Å². The molecule has 0 bridgehead atoms. The second-order valence-corrected chi connectivity index (χ2v) is 6.63. The van der Waals surface area contributed by atoms with Gasteiger partial charge in [0.05, 0.1) is 22.8 Å². The molecule has 0 aromatic heterocycles. The van der Waals surface area contributed by atoms with Gasteiger partial charge in [-0.15, -0.1) is 0 Å². The van der Waals surface area contributed by atoms with E-state index in [2.05, 4.69) is 37.2 Å². The van der Waals surface area contributed by atoms with E-state index in [1.54, 1.807) is 30.3 Å². The molecule has 0 atom stereocenters. The van der Waals surface area contributed by atoms with Crippen LogP contribution < -0.4 is 14.8 Å². The van der Waals surface area contributed by atoms with Gasteiger partial charge in [-0.05, 0) is 47.1 Å². The molecule has 0 saturated heterocycles. The molecule has 2 aromatic carbocycles. The molecule has 2 aromatic rings. The van der Waals surface area contributed by atoms with Crippen LogP contribution in [-0.4, -0.2) is 25.4 Å². The Hall–Kier alpha value is -1.86. The van der Waals surface area contributed by atoms with Gasteiger partial charge in [0.15, 0.2) is 12.4 Å². The Balaban J connectivity index is 2.11. The van der Waals surface area contributed by atoms with Crippen LogP contribution >= 0.6 is 31.9 Å². The first-order valence-corrected chi connectivity index (χ1v) is 8.56. The Bertz CT molecular complexity index is 777. The zero-order valence-corrected chi connectivity index (χ0v) is 16.2. The number of ether oxygens (including phenoxy) is 2. The molecule has 0 aliphatic rings. The summed E-state index contributed by atoms with van der Waals surface area (Å²) < 4.78 is 12.1. The lowest BCUT2D eigenvalue weighted by molar-refractivity contribution is -0.118. The molecule has 0 fully saturated rings. The molecule has 1 N–H and O–H groups in total. The molecule has 2 rings (SSSR count). The minimum absolute atomic E-state index is 0.155. The van der Waals surface area contributed by atoms with Crippen LogP contribution in [0.15, 0.2) is 45.3 Å². The Labute approximate surface area is 156 Å². The van der Waals surface area contributed by atoms with Crippen LogP contribution in [0.5, 0.6) is 11.5 Å². The summed E-state index contributed by atoms with van der Waals surface area (Å²) in [5, 5.41) is 2.71. The molecular weight excluding hydrogens is 442 g/mol. The molecule has 7 heteroatoms. The van der Waals surface area contributed by atoms with Crippen molar-refractivity contribution in [3.63, 3.8) is 0 Å². The predicted octanol–water partition coefficient (Wildman–Crippen LogP) is 4.44.